The fraction of sp³-hybridized carbons (Fsp3) is 0.704. The largest absolute Gasteiger partial charge is 0.461 e. The molecule has 4 fully saturated rings. The number of nitrogens with zero attached hydrogens (tertiary/aromatic N) is 5. The second-order valence-corrected chi connectivity index (χ2v) is 12.8. The molecule has 1 unspecified atom stereocenters. The zero-order valence-electron chi connectivity index (χ0n) is 22.8. The normalized spacial score (nSPS) is 32.0. The van der Waals surface area contributed by atoms with Crippen LogP contribution in [-0.4, -0.2) is 87.3 Å². The molecular weight excluding hydrogens is 549 g/mol. The van der Waals surface area contributed by atoms with Crippen LogP contribution in [0.25, 0.3) is 10.9 Å². The molecule has 0 aliphatic carbocycles. The molecule has 0 aromatic carbocycles. The lowest BCUT2D eigenvalue weighted by molar-refractivity contribution is 0.0447. The first-order chi connectivity index (χ1) is 18.9. The molecule has 1 amide bonds. The van der Waals surface area contributed by atoms with Crippen LogP contribution >= 0.6 is 11.6 Å². The molecule has 6 atom stereocenters. The van der Waals surface area contributed by atoms with E-state index in [1.165, 1.54) is 6.20 Å². The number of amides is 1. The number of ether oxygens (including phenoxy) is 2. The third-order valence-electron chi connectivity index (χ3n) is 8.60. The maximum atomic E-state index is 15.9. The highest BCUT2D eigenvalue weighted by atomic mass is 35.5. The maximum absolute atomic E-state index is 15.9. The Morgan fingerprint density at radius 3 is 2.85 bits per heavy atom. The van der Waals surface area contributed by atoms with E-state index >= 15 is 8.78 Å². The van der Waals surface area contributed by atoms with Gasteiger partial charge in [0, 0.05) is 25.2 Å². The Bertz CT molecular complexity index is 1310. The quantitative estimate of drug-likeness (QED) is 0.505. The number of alkyl halides is 2. The molecule has 0 spiro atoms. The zero-order valence-corrected chi connectivity index (χ0v) is 23.6. The average Bonchev–Trinajstić information content (AvgIpc) is 3.51. The number of anilines is 1. The molecule has 40 heavy (non-hydrogen) atoms. The van der Waals surface area contributed by atoms with Crippen LogP contribution in [0.5, 0.6) is 6.01 Å². The van der Waals surface area contributed by atoms with Gasteiger partial charge in [-0.3, -0.25) is 4.90 Å². The standard InChI is InChI=1S/C27H34ClF3N6O3/c1-26(2,3)40-25(38)33-17-9-15-5-6-18(19(17)30)37(15)23-16-11-32-22(28)20(31)21(16)34-24(35-23)39-13-27-7-4-8-36(27)12-14(29)10-27/h11,14-15,17-19H,4-10,12-13H2,1-3H3,(H,33,38)/t14-,15?,17+,18+,19-,27+/m1/s1. The summed E-state index contributed by atoms with van der Waals surface area (Å²) in [6.45, 7) is 6.58. The van der Waals surface area contributed by atoms with Crippen molar-refractivity contribution in [3.05, 3.63) is 17.2 Å². The summed E-state index contributed by atoms with van der Waals surface area (Å²) >= 11 is 5.99. The molecule has 6 rings (SSSR count). The highest BCUT2D eigenvalue weighted by Crippen LogP contribution is 2.44. The van der Waals surface area contributed by atoms with Gasteiger partial charge in [0.2, 0.25) is 0 Å². The topological polar surface area (TPSA) is 92.7 Å². The lowest BCUT2D eigenvalue weighted by atomic mass is 9.95. The summed E-state index contributed by atoms with van der Waals surface area (Å²) in [7, 11) is 0. The van der Waals surface area contributed by atoms with Gasteiger partial charge in [0.1, 0.15) is 35.9 Å². The van der Waals surface area contributed by atoms with Crippen molar-refractivity contribution in [3.8, 4) is 6.01 Å². The van der Waals surface area contributed by atoms with Gasteiger partial charge < -0.3 is 19.7 Å². The highest BCUT2D eigenvalue weighted by molar-refractivity contribution is 6.30. The number of rotatable bonds is 5. The summed E-state index contributed by atoms with van der Waals surface area (Å²) < 4.78 is 56.8. The van der Waals surface area contributed by atoms with Crippen LogP contribution < -0.4 is 15.0 Å². The summed E-state index contributed by atoms with van der Waals surface area (Å²) in [4.78, 5) is 29.3. The number of fused-ring (bicyclic) bond motifs is 4. The summed E-state index contributed by atoms with van der Waals surface area (Å²) in [5, 5.41) is 2.65. The Labute approximate surface area is 235 Å². The van der Waals surface area contributed by atoms with Crippen molar-refractivity contribution in [2.24, 2.45) is 0 Å². The molecular formula is C27H34ClF3N6O3. The first-order valence-electron chi connectivity index (χ1n) is 13.9. The number of nitrogens with one attached hydrogen (secondary N) is 1. The van der Waals surface area contributed by atoms with Gasteiger partial charge in [-0.05, 0) is 59.4 Å². The predicted molar refractivity (Wildman–Crippen MR) is 143 cm³/mol. The number of carbonyl (C=O) groups is 1. The summed E-state index contributed by atoms with van der Waals surface area (Å²) in [5.74, 6) is -0.506. The molecule has 2 aromatic heterocycles. The maximum Gasteiger partial charge on any atom is 0.407 e. The smallest absolute Gasteiger partial charge is 0.407 e. The van der Waals surface area contributed by atoms with E-state index in [-0.39, 0.29) is 29.3 Å². The van der Waals surface area contributed by atoms with Gasteiger partial charge in [-0.2, -0.15) is 9.97 Å². The van der Waals surface area contributed by atoms with Crippen LogP contribution in [0, 0.1) is 5.82 Å². The number of halogens is 4. The van der Waals surface area contributed by atoms with Crippen LogP contribution in [0.15, 0.2) is 6.20 Å². The van der Waals surface area contributed by atoms with Crippen LogP contribution in [0.2, 0.25) is 5.15 Å². The SMILES string of the molecule is CC(C)(C)OC(=O)N[C@H]1CC2CC[C@@H]([C@@H]1F)N2c1nc(OC[C@@]23CCCN2C[C@H](F)C3)nc2c(F)c(Cl)ncc12. The average molecular weight is 583 g/mol. The van der Waals surface area contributed by atoms with E-state index < -0.39 is 47.5 Å². The number of alkyl carbamates (subject to hydrolysis) is 1. The van der Waals surface area contributed by atoms with Crippen molar-refractivity contribution in [1.29, 1.82) is 0 Å². The van der Waals surface area contributed by atoms with E-state index in [1.807, 2.05) is 4.90 Å². The lowest BCUT2D eigenvalue weighted by Crippen LogP contribution is -2.58. The van der Waals surface area contributed by atoms with E-state index in [4.69, 9.17) is 21.1 Å². The molecule has 6 heterocycles. The Kier molecular flexibility index (Phi) is 6.92. The van der Waals surface area contributed by atoms with E-state index in [1.54, 1.807) is 20.8 Å². The summed E-state index contributed by atoms with van der Waals surface area (Å²) in [5.41, 5.74) is -1.22. The van der Waals surface area contributed by atoms with E-state index in [0.717, 1.165) is 19.4 Å². The second-order valence-electron chi connectivity index (χ2n) is 12.5. The van der Waals surface area contributed by atoms with Crippen LogP contribution in [-0.2, 0) is 4.74 Å². The Morgan fingerprint density at radius 1 is 1.27 bits per heavy atom. The number of aromatic nitrogens is 3. The van der Waals surface area contributed by atoms with Gasteiger partial charge in [0.15, 0.2) is 11.0 Å². The fourth-order valence-electron chi connectivity index (χ4n) is 6.98. The Hall–Kier alpha value is -2.60. The van der Waals surface area contributed by atoms with Crippen molar-refractivity contribution in [3.63, 3.8) is 0 Å². The summed E-state index contributed by atoms with van der Waals surface area (Å²) in [6.07, 6.45) is 2.00. The second kappa shape index (κ2) is 10.0. The number of pyridine rings is 1. The number of hydrogen-bond acceptors (Lipinski definition) is 8. The number of piperidine rings is 1. The third kappa shape index (κ3) is 4.91. The van der Waals surface area contributed by atoms with Gasteiger partial charge in [-0.15, -0.1) is 0 Å². The van der Waals surface area contributed by atoms with E-state index in [9.17, 15) is 9.18 Å². The van der Waals surface area contributed by atoms with Crippen LogP contribution in [0.4, 0.5) is 23.8 Å². The van der Waals surface area contributed by atoms with E-state index in [0.29, 0.717) is 43.4 Å². The molecule has 13 heteroatoms. The van der Waals surface area contributed by atoms with Gasteiger partial charge in [0.25, 0.3) is 0 Å². The van der Waals surface area contributed by atoms with Gasteiger partial charge in [-0.1, -0.05) is 11.6 Å². The van der Waals surface area contributed by atoms with E-state index in [2.05, 4.69) is 25.2 Å². The fourth-order valence-corrected chi connectivity index (χ4v) is 7.12. The minimum absolute atomic E-state index is 0.0700. The van der Waals surface area contributed by atoms with Gasteiger partial charge in [0.05, 0.1) is 23.0 Å². The molecule has 0 saturated carbocycles. The van der Waals surface area contributed by atoms with Crippen LogP contribution in [0.1, 0.15) is 59.3 Å². The lowest BCUT2D eigenvalue weighted by Gasteiger charge is -2.42. The highest BCUT2D eigenvalue weighted by Gasteiger charge is 2.51. The molecule has 4 aliphatic rings. The minimum Gasteiger partial charge on any atom is -0.461 e. The minimum atomic E-state index is -1.42. The monoisotopic (exact) mass is 582 g/mol. The zero-order chi connectivity index (χ0) is 28.4. The Balaban J connectivity index is 1.30. The molecule has 4 aliphatic heterocycles. The molecule has 2 bridgehead atoms. The first-order valence-corrected chi connectivity index (χ1v) is 14.3. The van der Waals surface area contributed by atoms with Crippen LogP contribution in [0.3, 0.4) is 0 Å². The number of hydrogen-bond donors (Lipinski definition) is 1. The van der Waals surface area contributed by atoms with Crippen molar-refractivity contribution < 1.29 is 27.4 Å². The number of carbonyl (C=O) groups excluding carboxylic acids is 1. The molecule has 9 nitrogen and oxygen atoms in total. The van der Waals surface area contributed by atoms with Crippen molar-refractivity contribution >= 4 is 34.4 Å². The summed E-state index contributed by atoms with van der Waals surface area (Å²) in [6, 6.07) is -1.60. The molecule has 2 aromatic rings. The van der Waals surface area contributed by atoms with Crippen molar-refractivity contribution in [2.75, 3.05) is 24.6 Å². The molecule has 1 N–H and O–H groups in total. The molecule has 0 radical (unpaired) electrons. The predicted octanol–water partition coefficient (Wildman–Crippen LogP) is 4.75. The third-order valence-corrected chi connectivity index (χ3v) is 8.87. The van der Waals surface area contributed by atoms with Crippen molar-refractivity contribution in [1.82, 2.24) is 25.2 Å². The van der Waals surface area contributed by atoms with Crippen molar-refractivity contribution in [2.45, 2.75) is 101 Å². The van der Waals surface area contributed by atoms with Gasteiger partial charge >= 0.3 is 12.1 Å². The first kappa shape index (κ1) is 27.6. The molecule has 218 valence electrons. The Morgan fingerprint density at radius 2 is 2.08 bits per heavy atom. The van der Waals surface area contributed by atoms with Gasteiger partial charge in [-0.25, -0.2) is 22.9 Å². The molecule has 4 saturated heterocycles.